The molecule has 4 heteroatoms. The molecule has 1 amide bonds. The van der Waals surface area contributed by atoms with Crippen molar-refractivity contribution < 1.29 is 9.90 Å². The Morgan fingerprint density at radius 2 is 1.84 bits per heavy atom. The van der Waals surface area contributed by atoms with Gasteiger partial charge in [0.05, 0.1) is 6.61 Å². The largest absolute Gasteiger partial charge is 0.395 e. The number of hydrogen-bond acceptors (Lipinski definition) is 3. The zero-order valence-corrected chi connectivity index (χ0v) is 12.2. The second-order valence-electron chi connectivity index (χ2n) is 6.17. The Balaban J connectivity index is 1.74. The van der Waals surface area contributed by atoms with Gasteiger partial charge in [-0.25, -0.2) is 0 Å². The summed E-state index contributed by atoms with van der Waals surface area (Å²) in [5, 5.41) is 8.92. The molecule has 0 unspecified atom stereocenters. The lowest BCUT2D eigenvalue weighted by Gasteiger charge is -2.36. The number of carbonyl (C=O) groups is 1. The van der Waals surface area contributed by atoms with E-state index in [1.165, 1.54) is 25.7 Å². The summed E-state index contributed by atoms with van der Waals surface area (Å²) >= 11 is 0. The molecule has 0 aromatic heterocycles. The highest BCUT2D eigenvalue weighted by atomic mass is 16.3. The normalized spacial score (nSPS) is 29.5. The molecule has 1 aliphatic heterocycles. The highest BCUT2D eigenvalue weighted by Crippen LogP contribution is 2.32. The van der Waals surface area contributed by atoms with E-state index in [0.717, 1.165) is 39.1 Å². The molecule has 1 saturated carbocycles. The molecule has 0 aromatic rings. The maximum absolute atomic E-state index is 12.3. The number of aliphatic hydroxyl groups excluding tert-OH is 1. The zero-order chi connectivity index (χ0) is 13.7. The first kappa shape index (κ1) is 14.8. The maximum atomic E-state index is 12.3. The topological polar surface area (TPSA) is 43.8 Å². The van der Waals surface area contributed by atoms with E-state index in [0.29, 0.717) is 17.7 Å². The first-order valence-corrected chi connectivity index (χ1v) is 7.81. The van der Waals surface area contributed by atoms with Crippen LogP contribution in [-0.2, 0) is 4.79 Å². The fourth-order valence-electron chi connectivity index (χ4n) is 3.41. The van der Waals surface area contributed by atoms with Crippen LogP contribution >= 0.6 is 0 Å². The zero-order valence-electron chi connectivity index (χ0n) is 12.2. The van der Waals surface area contributed by atoms with Crippen LogP contribution in [0.25, 0.3) is 0 Å². The Hall–Kier alpha value is -0.610. The summed E-state index contributed by atoms with van der Waals surface area (Å²) in [6.45, 7) is 6.74. The molecule has 0 bridgehead atoms. The number of piperazine rings is 1. The van der Waals surface area contributed by atoms with Crippen LogP contribution in [0.3, 0.4) is 0 Å². The van der Waals surface area contributed by atoms with E-state index in [-0.39, 0.29) is 6.61 Å². The summed E-state index contributed by atoms with van der Waals surface area (Å²) in [6.07, 6.45) is 5.92. The van der Waals surface area contributed by atoms with Crippen molar-refractivity contribution in [2.24, 2.45) is 11.8 Å². The van der Waals surface area contributed by atoms with E-state index in [1.807, 2.05) is 4.90 Å². The molecule has 1 aliphatic carbocycles. The standard InChI is InChI=1S/C15H28N2O2/c1-13-4-2-3-5-14(13)12-15(19)17-8-6-16(7-9-17)10-11-18/h13-14,18H,2-12H2,1H3/t13-,14-/m0/s1. The van der Waals surface area contributed by atoms with E-state index in [2.05, 4.69) is 11.8 Å². The van der Waals surface area contributed by atoms with Gasteiger partial charge in [-0.3, -0.25) is 9.69 Å². The van der Waals surface area contributed by atoms with Gasteiger partial charge >= 0.3 is 0 Å². The molecule has 4 nitrogen and oxygen atoms in total. The lowest BCUT2D eigenvalue weighted by Crippen LogP contribution is -2.49. The van der Waals surface area contributed by atoms with Crippen LogP contribution in [0.1, 0.15) is 39.0 Å². The quantitative estimate of drug-likeness (QED) is 0.837. The van der Waals surface area contributed by atoms with Gasteiger partial charge in [0.15, 0.2) is 0 Å². The highest BCUT2D eigenvalue weighted by Gasteiger charge is 2.27. The van der Waals surface area contributed by atoms with Crippen molar-refractivity contribution in [1.29, 1.82) is 0 Å². The summed E-state index contributed by atoms with van der Waals surface area (Å²) in [5.41, 5.74) is 0. The van der Waals surface area contributed by atoms with Crippen LogP contribution in [0.2, 0.25) is 0 Å². The van der Waals surface area contributed by atoms with E-state index in [9.17, 15) is 4.79 Å². The average molecular weight is 268 g/mol. The monoisotopic (exact) mass is 268 g/mol. The molecule has 2 fully saturated rings. The second-order valence-corrected chi connectivity index (χ2v) is 6.17. The van der Waals surface area contributed by atoms with Crippen LogP contribution in [0.15, 0.2) is 0 Å². The smallest absolute Gasteiger partial charge is 0.222 e. The first-order valence-electron chi connectivity index (χ1n) is 7.81. The van der Waals surface area contributed by atoms with Gasteiger partial charge in [0.2, 0.25) is 5.91 Å². The molecular formula is C15H28N2O2. The first-order chi connectivity index (χ1) is 9.20. The van der Waals surface area contributed by atoms with Crippen molar-refractivity contribution in [3.05, 3.63) is 0 Å². The van der Waals surface area contributed by atoms with Gasteiger partial charge in [0.1, 0.15) is 0 Å². The molecule has 1 heterocycles. The number of carbonyl (C=O) groups excluding carboxylic acids is 1. The molecule has 110 valence electrons. The van der Waals surface area contributed by atoms with Gasteiger partial charge < -0.3 is 10.0 Å². The minimum Gasteiger partial charge on any atom is -0.395 e. The van der Waals surface area contributed by atoms with Crippen LogP contribution < -0.4 is 0 Å². The molecule has 2 atom stereocenters. The number of β-amino-alcohol motifs (C(OH)–C–C–N with tert-alkyl or cyclic N) is 1. The predicted octanol–water partition coefficient (Wildman–Crippen LogP) is 1.34. The molecule has 1 saturated heterocycles. The molecule has 0 spiro atoms. The minimum atomic E-state index is 0.216. The van der Waals surface area contributed by atoms with Gasteiger partial charge in [0, 0.05) is 39.1 Å². The van der Waals surface area contributed by atoms with Crippen LogP contribution in [-0.4, -0.2) is 60.1 Å². The van der Waals surface area contributed by atoms with Gasteiger partial charge in [-0.05, 0) is 18.3 Å². The third-order valence-corrected chi connectivity index (χ3v) is 4.87. The Bertz CT molecular complexity index is 288. The van der Waals surface area contributed by atoms with Crippen LogP contribution in [0, 0.1) is 11.8 Å². The van der Waals surface area contributed by atoms with Crippen LogP contribution in [0.5, 0.6) is 0 Å². The Labute approximate surface area is 116 Å². The van der Waals surface area contributed by atoms with Gasteiger partial charge in [-0.15, -0.1) is 0 Å². The lowest BCUT2D eigenvalue weighted by molar-refractivity contribution is -0.134. The van der Waals surface area contributed by atoms with Crippen molar-refractivity contribution in [2.75, 3.05) is 39.3 Å². The lowest BCUT2D eigenvalue weighted by atomic mass is 9.78. The summed E-state index contributed by atoms with van der Waals surface area (Å²) in [6, 6.07) is 0. The van der Waals surface area contributed by atoms with Crippen molar-refractivity contribution in [1.82, 2.24) is 9.80 Å². The molecule has 2 aliphatic rings. The molecule has 0 aromatic carbocycles. The number of rotatable bonds is 4. The Morgan fingerprint density at radius 1 is 1.16 bits per heavy atom. The molecule has 0 radical (unpaired) electrons. The van der Waals surface area contributed by atoms with E-state index in [1.54, 1.807) is 0 Å². The van der Waals surface area contributed by atoms with Crippen molar-refractivity contribution in [2.45, 2.75) is 39.0 Å². The SMILES string of the molecule is C[C@H]1CCCC[C@H]1CC(=O)N1CCN(CCO)CC1. The third-order valence-electron chi connectivity index (χ3n) is 4.87. The van der Waals surface area contributed by atoms with Crippen LogP contribution in [0.4, 0.5) is 0 Å². The fourth-order valence-corrected chi connectivity index (χ4v) is 3.41. The number of amides is 1. The molecule has 19 heavy (non-hydrogen) atoms. The summed E-state index contributed by atoms with van der Waals surface area (Å²) < 4.78 is 0. The van der Waals surface area contributed by atoms with Crippen molar-refractivity contribution >= 4 is 5.91 Å². The summed E-state index contributed by atoms with van der Waals surface area (Å²) in [7, 11) is 0. The van der Waals surface area contributed by atoms with Gasteiger partial charge in [-0.1, -0.05) is 26.2 Å². The Morgan fingerprint density at radius 3 is 2.47 bits per heavy atom. The molecule has 2 rings (SSSR count). The summed E-state index contributed by atoms with van der Waals surface area (Å²) in [5.74, 6) is 1.67. The fraction of sp³-hybridized carbons (Fsp3) is 0.933. The summed E-state index contributed by atoms with van der Waals surface area (Å²) in [4.78, 5) is 16.6. The number of nitrogens with zero attached hydrogens (tertiary/aromatic N) is 2. The van der Waals surface area contributed by atoms with Crippen molar-refractivity contribution in [3.63, 3.8) is 0 Å². The Kier molecular flexibility index (Phi) is 5.64. The van der Waals surface area contributed by atoms with E-state index in [4.69, 9.17) is 5.11 Å². The number of aliphatic hydroxyl groups is 1. The molecular weight excluding hydrogens is 240 g/mol. The van der Waals surface area contributed by atoms with E-state index < -0.39 is 0 Å². The molecule has 1 N–H and O–H groups in total. The predicted molar refractivity (Wildman–Crippen MR) is 75.8 cm³/mol. The second kappa shape index (κ2) is 7.25. The third kappa shape index (κ3) is 4.18. The van der Waals surface area contributed by atoms with Gasteiger partial charge in [0.25, 0.3) is 0 Å². The maximum Gasteiger partial charge on any atom is 0.222 e. The number of hydrogen-bond donors (Lipinski definition) is 1. The van der Waals surface area contributed by atoms with Crippen molar-refractivity contribution in [3.8, 4) is 0 Å². The highest BCUT2D eigenvalue weighted by molar-refractivity contribution is 5.76. The van der Waals surface area contributed by atoms with E-state index >= 15 is 0 Å². The average Bonchev–Trinajstić information content (AvgIpc) is 2.42. The minimum absolute atomic E-state index is 0.216. The van der Waals surface area contributed by atoms with Gasteiger partial charge in [-0.2, -0.15) is 0 Å².